The van der Waals surface area contributed by atoms with E-state index in [1.807, 2.05) is 18.4 Å². The molecule has 16 heavy (non-hydrogen) atoms. The van der Waals surface area contributed by atoms with Crippen LogP contribution < -0.4 is 5.73 Å². The lowest BCUT2D eigenvalue weighted by atomic mass is 10.0. The molecule has 0 bridgehead atoms. The van der Waals surface area contributed by atoms with E-state index in [2.05, 4.69) is 15.9 Å². The highest BCUT2D eigenvalue weighted by atomic mass is 79.9. The number of aryl methyl sites for hydroxylation is 1. The second-order valence-corrected chi connectivity index (χ2v) is 5.47. The van der Waals surface area contributed by atoms with E-state index in [1.165, 1.54) is 6.07 Å². The van der Waals surface area contributed by atoms with Crippen molar-refractivity contribution in [2.75, 3.05) is 0 Å². The fraction of sp³-hybridized carbons (Fsp3) is 0.167. The standard InChI is InChI=1S/C12H11BrFNS/c1-7-4-5-16-12(7)11(15)9-3-2-8(13)6-10(9)14/h2-6,11H,15H2,1H3. The lowest BCUT2D eigenvalue weighted by Crippen LogP contribution is -2.13. The van der Waals surface area contributed by atoms with Crippen LogP contribution in [0.2, 0.25) is 0 Å². The molecule has 0 amide bonds. The zero-order valence-electron chi connectivity index (χ0n) is 8.71. The molecule has 0 aliphatic heterocycles. The minimum absolute atomic E-state index is 0.269. The van der Waals surface area contributed by atoms with Gasteiger partial charge in [0.2, 0.25) is 0 Å². The SMILES string of the molecule is Cc1ccsc1C(N)c1ccc(Br)cc1F. The van der Waals surface area contributed by atoms with Gasteiger partial charge in [0, 0.05) is 14.9 Å². The Labute approximate surface area is 106 Å². The van der Waals surface area contributed by atoms with Crippen molar-refractivity contribution in [1.29, 1.82) is 0 Å². The van der Waals surface area contributed by atoms with E-state index in [1.54, 1.807) is 23.5 Å². The summed E-state index contributed by atoms with van der Waals surface area (Å²) in [4.78, 5) is 1.02. The van der Waals surface area contributed by atoms with Crippen molar-refractivity contribution < 1.29 is 4.39 Å². The fourth-order valence-electron chi connectivity index (χ4n) is 1.60. The number of benzene rings is 1. The molecule has 1 aromatic carbocycles. The van der Waals surface area contributed by atoms with Crippen LogP contribution in [-0.4, -0.2) is 0 Å². The molecular formula is C12H11BrFNS. The van der Waals surface area contributed by atoms with Crippen LogP contribution >= 0.6 is 27.3 Å². The van der Waals surface area contributed by atoms with Gasteiger partial charge in [-0.2, -0.15) is 0 Å². The van der Waals surface area contributed by atoms with Crippen molar-refractivity contribution in [3.8, 4) is 0 Å². The first kappa shape index (κ1) is 11.8. The maximum Gasteiger partial charge on any atom is 0.129 e. The van der Waals surface area contributed by atoms with Crippen molar-refractivity contribution in [1.82, 2.24) is 0 Å². The second kappa shape index (κ2) is 4.65. The zero-order chi connectivity index (χ0) is 11.7. The van der Waals surface area contributed by atoms with Gasteiger partial charge in [0.1, 0.15) is 5.82 Å². The summed E-state index contributed by atoms with van der Waals surface area (Å²) in [6, 6.07) is 6.59. The van der Waals surface area contributed by atoms with Crippen LogP contribution in [0.25, 0.3) is 0 Å². The summed E-state index contributed by atoms with van der Waals surface area (Å²) in [6.07, 6.45) is 0. The first-order chi connectivity index (χ1) is 7.59. The monoisotopic (exact) mass is 299 g/mol. The number of halogens is 2. The number of rotatable bonds is 2. The van der Waals surface area contributed by atoms with Crippen molar-refractivity contribution in [3.05, 3.63) is 55.9 Å². The maximum absolute atomic E-state index is 13.7. The molecule has 2 N–H and O–H groups in total. The molecule has 2 rings (SSSR count). The molecule has 0 radical (unpaired) electrons. The van der Waals surface area contributed by atoms with Gasteiger partial charge in [0.25, 0.3) is 0 Å². The van der Waals surface area contributed by atoms with Crippen molar-refractivity contribution in [3.63, 3.8) is 0 Å². The molecule has 0 saturated carbocycles. The molecule has 0 saturated heterocycles. The Morgan fingerprint density at radius 3 is 2.69 bits per heavy atom. The number of thiophene rings is 1. The average Bonchev–Trinajstić information content (AvgIpc) is 2.63. The summed E-state index contributed by atoms with van der Waals surface area (Å²) >= 11 is 4.79. The van der Waals surface area contributed by atoms with E-state index in [-0.39, 0.29) is 11.9 Å². The molecule has 0 aliphatic rings. The van der Waals surface area contributed by atoms with Crippen molar-refractivity contribution >= 4 is 27.3 Å². The predicted octanol–water partition coefficient (Wildman–Crippen LogP) is 4.01. The molecule has 2 aromatic rings. The molecule has 0 aliphatic carbocycles. The topological polar surface area (TPSA) is 26.0 Å². The van der Waals surface area contributed by atoms with Gasteiger partial charge in [-0.1, -0.05) is 22.0 Å². The van der Waals surface area contributed by atoms with Crippen molar-refractivity contribution in [2.45, 2.75) is 13.0 Å². The van der Waals surface area contributed by atoms with Gasteiger partial charge >= 0.3 is 0 Å². The quantitative estimate of drug-likeness (QED) is 0.891. The van der Waals surface area contributed by atoms with Crippen molar-refractivity contribution in [2.24, 2.45) is 5.73 Å². The molecule has 1 atom stereocenters. The second-order valence-electron chi connectivity index (χ2n) is 3.61. The molecular weight excluding hydrogens is 289 g/mol. The lowest BCUT2D eigenvalue weighted by Gasteiger charge is -2.12. The van der Waals surface area contributed by atoms with Crippen LogP contribution in [0.1, 0.15) is 22.0 Å². The normalized spacial score (nSPS) is 12.8. The molecule has 4 heteroatoms. The summed E-state index contributed by atoms with van der Waals surface area (Å²) in [5.74, 6) is -0.269. The Bertz CT molecular complexity index is 509. The number of hydrogen-bond donors (Lipinski definition) is 1. The van der Waals surface area contributed by atoms with E-state index in [4.69, 9.17) is 5.73 Å². The summed E-state index contributed by atoms with van der Waals surface area (Å²) in [6.45, 7) is 1.99. The summed E-state index contributed by atoms with van der Waals surface area (Å²) in [5.41, 5.74) is 7.71. The molecule has 1 unspecified atom stereocenters. The Morgan fingerprint density at radius 1 is 1.38 bits per heavy atom. The Hall–Kier alpha value is -0.710. The molecule has 0 fully saturated rings. The highest BCUT2D eigenvalue weighted by Crippen LogP contribution is 2.29. The lowest BCUT2D eigenvalue weighted by molar-refractivity contribution is 0.600. The largest absolute Gasteiger partial charge is 0.320 e. The first-order valence-corrected chi connectivity index (χ1v) is 6.51. The molecule has 1 nitrogen and oxygen atoms in total. The number of nitrogens with two attached hydrogens (primary N) is 1. The van der Waals surface area contributed by atoms with Crippen LogP contribution in [-0.2, 0) is 0 Å². The molecule has 84 valence electrons. The smallest absolute Gasteiger partial charge is 0.129 e. The zero-order valence-corrected chi connectivity index (χ0v) is 11.1. The van der Waals surface area contributed by atoms with Gasteiger partial charge in [-0.15, -0.1) is 11.3 Å². The van der Waals surface area contributed by atoms with Crippen LogP contribution in [0.15, 0.2) is 34.1 Å². The van der Waals surface area contributed by atoms with E-state index in [0.29, 0.717) is 5.56 Å². The number of hydrogen-bond acceptors (Lipinski definition) is 2. The third-order valence-electron chi connectivity index (χ3n) is 2.48. The molecule has 1 heterocycles. The van der Waals surface area contributed by atoms with Crippen LogP contribution in [0, 0.1) is 12.7 Å². The Balaban J connectivity index is 2.41. The highest BCUT2D eigenvalue weighted by molar-refractivity contribution is 9.10. The van der Waals surface area contributed by atoms with Crippen LogP contribution in [0.4, 0.5) is 4.39 Å². The van der Waals surface area contributed by atoms with Gasteiger partial charge in [-0.25, -0.2) is 4.39 Å². The Morgan fingerprint density at radius 2 is 2.12 bits per heavy atom. The minimum atomic E-state index is -0.381. The van der Waals surface area contributed by atoms with E-state index in [9.17, 15) is 4.39 Å². The van der Waals surface area contributed by atoms with E-state index < -0.39 is 0 Å². The van der Waals surface area contributed by atoms with Crippen LogP contribution in [0.5, 0.6) is 0 Å². The maximum atomic E-state index is 13.7. The Kier molecular flexibility index (Phi) is 3.42. The van der Waals surface area contributed by atoms with Gasteiger partial charge < -0.3 is 5.73 Å². The van der Waals surface area contributed by atoms with E-state index >= 15 is 0 Å². The average molecular weight is 300 g/mol. The predicted molar refractivity (Wildman–Crippen MR) is 69.2 cm³/mol. The molecule has 1 aromatic heterocycles. The molecule has 0 spiro atoms. The van der Waals surface area contributed by atoms with Crippen LogP contribution in [0.3, 0.4) is 0 Å². The fourth-order valence-corrected chi connectivity index (χ4v) is 2.88. The van der Waals surface area contributed by atoms with Gasteiger partial charge in [0.15, 0.2) is 0 Å². The minimum Gasteiger partial charge on any atom is -0.320 e. The first-order valence-electron chi connectivity index (χ1n) is 4.84. The summed E-state index contributed by atoms with van der Waals surface area (Å²) in [7, 11) is 0. The van der Waals surface area contributed by atoms with E-state index in [0.717, 1.165) is 14.9 Å². The third kappa shape index (κ3) is 2.19. The van der Waals surface area contributed by atoms with Gasteiger partial charge in [0.05, 0.1) is 6.04 Å². The third-order valence-corrected chi connectivity index (χ3v) is 4.08. The summed E-state index contributed by atoms with van der Waals surface area (Å²) < 4.78 is 14.4. The highest BCUT2D eigenvalue weighted by Gasteiger charge is 2.16. The van der Waals surface area contributed by atoms with Gasteiger partial charge in [-0.05, 0) is 36.1 Å². The summed E-state index contributed by atoms with van der Waals surface area (Å²) in [5, 5.41) is 1.97. The van der Waals surface area contributed by atoms with Gasteiger partial charge in [-0.3, -0.25) is 0 Å².